The zero-order valence-electron chi connectivity index (χ0n) is 12.9. The van der Waals surface area contributed by atoms with Crippen molar-refractivity contribution in [2.24, 2.45) is 7.05 Å². The van der Waals surface area contributed by atoms with Crippen LogP contribution in [0, 0.1) is 0 Å². The lowest BCUT2D eigenvalue weighted by Crippen LogP contribution is -2.52. The number of morpholine rings is 1. The highest BCUT2D eigenvalue weighted by molar-refractivity contribution is 7.13. The van der Waals surface area contributed by atoms with Crippen LogP contribution in [-0.4, -0.2) is 45.0 Å². The van der Waals surface area contributed by atoms with Crippen molar-refractivity contribution in [3.8, 4) is 10.6 Å². The van der Waals surface area contributed by atoms with E-state index in [4.69, 9.17) is 9.72 Å². The SMILES string of the molecule is Cn1cc(-c2nc(CN3CCO[C@H]4CCCC[C@H]43)cs2)cn1. The highest BCUT2D eigenvalue weighted by Crippen LogP contribution is 2.30. The van der Waals surface area contributed by atoms with E-state index in [0.717, 1.165) is 30.3 Å². The average Bonchev–Trinajstić information content (AvgIpc) is 3.17. The molecule has 2 aromatic rings. The van der Waals surface area contributed by atoms with Crippen molar-refractivity contribution in [2.75, 3.05) is 13.2 Å². The third kappa shape index (κ3) is 2.83. The molecule has 118 valence electrons. The third-order valence-electron chi connectivity index (χ3n) is 4.72. The van der Waals surface area contributed by atoms with Crippen LogP contribution in [0.1, 0.15) is 31.4 Å². The quantitative estimate of drug-likeness (QED) is 0.873. The highest BCUT2D eigenvalue weighted by Gasteiger charge is 2.34. The van der Waals surface area contributed by atoms with E-state index in [-0.39, 0.29) is 0 Å². The zero-order chi connectivity index (χ0) is 14.9. The van der Waals surface area contributed by atoms with E-state index < -0.39 is 0 Å². The molecule has 5 nitrogen and oxygen atoms in total. The summed E-state index contributed by atoms with van der Waals surface area (Å²) in [5.74, 6) is 0. The Morgan fingerprint density at radius 1 is 1.36 bits per heavy atom. The Bertz CT molecular complexity index is 636. The normalized spacial score (nSPS) is 26.0. The third-order valence-corrected chi connectivity index (χ3v) is 5.66. The monoisotopic (exact) mass is 318 g/mol. The van der Waals surface area contributed by atoms with Gasteiger partial charge in [0.2, 0.25) is 0 Å². The molecule has 2 atom stereocenters. The molecule has 1 aliphatic carbocycles. The molecule has 22 heavy (non-hydrogen) atoms. The topological polar surface area (TPSA) is 43.2 Å². The molecule has 0 spiro atoms. The van der Waals surface area contributed by atoms with E-state index in [1.807, 2.05) is 24.1 Å². The van der Waals surface area contributed by atoms with Crippen LogP contribution in [0.15, 0.2) is 17.8 Å². The van der Waals surface area contributed by atoms with E-state index in [9.17, 15) is 0 Å². The number of thiazole rings is 1. The molecule has 4 rings (SSSR count). The van der Waals surface area contributed by atoms with Crippen LogP contribution >= 0.6 is 11.3 Å². The fourth-order valence-electron chi connectivity index (χ4n) is 3.62. The maximum Gasteiger partial charge on any atom is 0.126 e. The van der Waals surface area contributed by atoms with Crippen LogP contribution in [0.4, 0.5) is 0 Å². The van der Waals surface area contributed by atoms with Gasteiger partial charge in [0.15, 0.2) is 0 Å². The van der Waals surface area contributed by atoms with Crippen molar-refractivity contribution < 1.29 is 4.74 Å². The van der Waals surface area contributed by atoms with Crippen LogP contribution in [0.3, 0.4) is 0 Å². The predicted octanol–water partition coefficient (Wildman–Crippen LogP) is 2.69. The summed E-state index contributed by atoms with van der Waals surface area (Å²) in [5, 5.41) is 7.48. The van der Waals surface area contributed by atoms with Crippen molar-refractivity contribution in [3.63, 3.8) is 0 Å². The summed E-state index contributed by atoms with van der Waals surface area (Å²) in [6, 6.07) is 0.589. The number of hydrogen-bond acceptors (Lipinski definition) is 5. The number of ether oxygens (including phenoxy) is 1. The number of nitrogens with zero attached hydrogens (tertiary/aromatic N) is 4. The number of aryl methyl sites for hydroxylation is 1. The van der Waals surface area contributed by atoms with Gasteiger partial charge < -0.3 is 4.74 Å². The Kier molecular flexibility index (Phi) is 3.98. The summed E-state index contributed by atoms with van der Waals surface area (Å²) < 4.78 is 7.78. The largest absolute Gasteiger partial charge is 0.375 e. The van der Waals surface area contributed by atoms with Crippen molar-refractivity contribution in [3.05, 3.63) is 23.5 Å². The number of rotatable bonds is 3. The molecule has 2 aromatic heterocycles. The summed E-state index contributed by atoms with van der Waals surface area (Å²) in [6.07, 6.45) is 9.49. The van der Waals surface area contributed by atoms with Gasteiger partial charge in [-0.25, -0.2) is 4.98 Å². The Labute approximate surface area is 134 Å². The molecule has 0 amide bonds. The van der Waals surface area contributed by atoms with E-state index in [2.05, 4.69) is 15.4 Å². The van der Waals surface area contributed by atoms with E-state index in [0.29, 0.717) is 12.1 Å². The van der Waals surface area contributed by atoms with Gasteiger partial charge in [0.1, 0.15) is 5.01 Å². The molecular weight excluding hydrogens is 296 g/mol. The minimum Gasteiger partial charge on any atom is -0.375 e. The minimum absolute atomic E-state index is 0.443. The lowest BCUT2D eigenvalue weighted by molar-refractivity contribution is -0.0914. The van der Waals surface area contributed by atoms with Crippen LogP contribution in [-0.2, 0) is 18.3 Å². The first-order chi connectivity index (χ1) is 10.8. The zero-order valence-corrected chi connectivity index (χ0v) is 13.8. The van der Waals surface area contributed by atoms with Gasteiger partial charge in [-0.05, 0) is 12.8 Å². The number of fused-ring (bicyclic) bond motifs is 1. The van der Waals surface area contributed by atoms with Crippen LogP contribution in [0.25, 0.3) is 10.6 Å². The van der Waals surface area contributed by atoms with Gasteiger partial charge in [-0.2, -0.15) is 5.10 Å². The molecule has 1 saturated carbocycles. The van der Waals surface area contributed by atoms with Gasteiger partial charge in [0.25, 0.3) is 0 Å². The molecule has 1 aliphatic heterocycles. The lowest BCUT2D eigenvalue weighted by atomic mass is 9.90. The van der Waals surface area contributed by atoms with Crippen molar-refractivity contribution >= 4 is 11.3 Å². The average molecular weight is 318 g/mol. The molecule has 2 fully saturated rings. The molecule has 3 heterocycles. The second-order valence-corrected chi connectivity index (χ2v) is 7.14. The van der Waals surface area contributed by atoms with E-state index in [1.165, 1.54) is 31.4 Å². The first kappa shape index (κ1) is 14.4. The molecule has 0 N–H and O–H groups in total. The predicted molar refractivity (Wildman–Crippen MR) is 86.7 cm³/mol. The first-order valence-corrected chi connectivity index (χ1v) is 8.96. The van der Waals surface area contributed by atoms with Crippen molar-refractivity contribution in [1.29, 1.82) is 0 Å². The smallest absolute Gasteiger partial charge is 0.126 e. The Morgan fingerprint density at radius 2 is 2.27 bits per heavy atom. The number of aromatic nitrogens is 3. The Balaban J connectivity index is 1.47. The fourth-order valence-corrected chi connectivity index (χ4v) is 4.41. The molecule has 0 radical (unpaired) electrons. The summed E-state index contributed by atoms with van der Waals surface area (Å²) >= 11 is 1.71. The van der Waals surface area contributed by atoms with Gasteiger partial charge in [0.05, 0.1) is 24.6 Å². The standard InChI is InChI=1S/C16H22N4OS/c1-19-9-12(8-17-19)16-18-13(11-22-16)10-20-6-7-21-15-5-3-2-4-14(15)20/h8-9,11,14-15H,2-7,10H2,1H3/t14-,15+/m1/s1. The summed E-state index contributed by atoms with van der Waals surface area (Å²) in [6.45, 7) is 2.84. The van der Waals surface area contributed by atoms with Crippen LogP contribution in [0.5, 0.6) is 0 Å². The van der Waals surface area contributed by atoms with Gasteiger partial charge >= 0.3 is 0 Å². The lowest BCUT2D eigenvalue weighted by Gasteiger charge is -2.43. The van der Waals surface area contributed by atoms with E-state index in [1.54, 1.807) is 11.3 Å². The highest BCUT2D eigenvalue weighted by atomic mass is 32.1. The van der Waals surface area contributed by atoms with E-state index >= 15 is 0 Å². The first-order valence-electron chi connectivity index (χ1n) is 8.09. The number of hydrogen-bond donors (Lipinski definition) is 0. The Morgan fingerprint density at radius 3 is 3.14 bits per heavy atom. The van der Waals surface area contributed by atoms with Crippen molar-refractivity contribution in [1.82, 2.24) is 19.7 Å². The van der Waals surface area contributed by atoms with Gasteiger partial charge in [-0.15, -0.1) is 11.3 Å². The van der Waals surface area contributed by atoms with Crippen LogP contribution in [0.2, 0.25) is 0 Å². The van der Waals surface area contributed by atoms with Gasteiger partial charge in [0, 0.05) is 43.3 Å². The Hall–Kier alpha value is -1.24. The van der Waals surface area contributed by atoms with Gasteiger partial charge in [-0.3, -0.25) is 9.58 Å². The summed E-state index contributed by atoms with van der Waals surface area (Å²) in [4.78, 5) is 7.39. The molecule has 0 bridgehead atoms. The second kappa shape index (κ2) is 6.10. The summed E-state index contributed by atoms with van der Waals surface area (Å²) in [7, 11) is 1.94. The van der Waals surface area contributed by atoms with Gasteiger partial charge in [-0.1, -0.05) is 12.8 Å². The maximum atomic E-state index is 5.96. The second-order valence-electron chi connectivity index (χ2n) is 6.28. The maximum absolute atomic E-state index is 5.96. The van der Waals surface area contributed by atoms with Crippen molar-refractivity contribution in [2.45, 2.75) is 44.4 Å². The molecular formula is C16H22N4OS. The molecule has 0 unspecified atom stereocenters. The minimum atomic E-state index is 0.443. The van der Waals surface area contributed by atoms with Crippen LogP contribution < -0.4 is 0 Å². The fraction of sp³-hybridized carbons (Fsp3) is 0.625. The summed E-state index contributed by atoms with van der Waals surface area (Å²) in [5.41, 5.74) is 2.28. The molecule has 1 saturated heterocycles. The molecule has 0 aromatic carbocycles. The molecule has 2 aliphatic rings. The molecule has 6 heteroatoms.